The summed E-state index contributed by atoms with van der Waals surface area (Å²) in [7, 11) is 1.95. The molecule has 0 aliphatic carbocycles. The third-order valence-electron chi connectivity index (χ3n) is 2.94. The fraction of sp³-hybridized carbons (Fsp3) is 0.538. The van der Waals surface area contributed by atoms with Crippen LogP contribution in [0.15, 0.2) is 24.3 Å². The number of benzene rings is 1. The molecule has 0 aromatic heterocycles. The van der Waals surface area contributed by atoms with Crippen LogP contribution in [0.4, 0.5) is 5.69 Å². The SMILES string of the molecule is C[NH+]([S-])c1ccc(OCCCN2CC[I-]C2)cc1. The van der Waals surface area contributed by atoms with Gasteiger partial charge in [0.25, 0.3) is 0 Å². The molecule has 1 N–H and O–H groups in total. The molecule has 0 amide bonds. The zero-order valence-electron chi connectivity index (χ0n) is 10.7. The first-order chi connectivity index (χ1) is 8.75. The molecule has 1 aliphatic heterocycles. The number of halogens is 1. The number of alkyl halides is 2. The summed E-state index contributed by atoms with van der Waals surface area (Å²) >= 11 is 5.63. The van der Waals surface area contributed by atoms with E-state index in [1.807, 2.05) is 31.3 Å². The Morgan fingerprint density at radius 3 is 2.78 bits per heavy atom. The number of nitrogens with zero attached hydrogens (tertiary/aromatic N) is 1. The first kappa shape index (κ1) is 14.4. The topological polar surface area (TPSA) is 16.9 Å². The molecule has 1 aromatic rings. The number of ether oxygens (including phenoxy) is 1. The first-order valence-electron chi connectivity index (χ1n) is 6.25. The van der Waals surface area contributed by atoms with Gasteiger partial charge in [-0.1, -0.05) is 0 Å². The van der Waals surface area contributed by atoms with Gasteiger partial charge in [0.05, 0.1) is 0 Å². The van der Waals surface area contributed by atoms with Crippen LogP contribution < -0.4 is 30.2 Å². The van der Waals surface area contributed by atoms with Crippen LogP contribution in [0.1, 0.15) is 6.42 Å². The van der Waals surface area contributed by atoms with Crippen molar-refractivity contribution in [3.05, 3.63) is 24.3 Å². The number of hydrogen-bond donors (Lipinski definition) is 1. The molecule has 0 spiro atoms. The minimum atomic E-state index is 0.498. The Bertz CT molecular complexity index is 353. The molecule has 1 saturated heterocycles. The van der Waals surface area contributed by atoms with Crippen molar-refractivity contribution in [2.24, 2.45) is 0 Å². The van der Waals surface area contributed by atoms with Crippen LogP contribution in [0.2, 0.25) is 0 Å². The van der Waals surface area contributed by atoms with Crippen LogP contribution in [0.5, 0.6) is 5.75 Å². The van der Waals surface area contributed by atoms with Gasteiger partial charge < -0.3 is 0 Å². The average molecular weight is 379 g/mol. The van der Waals surface area contributed by atoms with Crippen LogP contribution in [0.3, 0.4) is 0 Å². The van der Waals surface area contributed by atoms with E-state index >= 15 is 0 Å². The van der Waals surface area contributed by atoms with Crippen molar-refractivity contribution in [2.75, 3.05) is 35.7 Å². The molecule has 1 unspecified atom stereocenters. The van der Waals surface area contributed by atoms with Gasteiger partial charge in [-0.05, 0) is 0 Å². The summed E-state index contributed by atoms with van der Waals surface area (Å²) in [5.41, 5.74) is 1.11. The maximum atomic E-state index is 5.74. The van der Waals surface area contributed by atoms with Gasteiger partial charge >= 0.3 is 126 Å². The maximum absolute atomic E-state index is 5.74. The molecule has 1 atom stereocenters. The molecule has 1 heterocycles. The summed E-state index contributed by atoms with van der Waals surface area (Å²) in [6.07, 6.45) is 1.12. The molecule has 18 heavy (non-hydrogen) atoms. The summed E-state index contributed by atoms with van der Waals surface area (Å²) < 4.78 is 9.52. The Labute approximate surface area is 125 Å². The molecular weight excluding hydrogens is 359 g/mol. The summed E-state index contributed by atoms with van der Waals surface area (Å²) in [6.45, 7) is 3.32. The molecule has 5 heteroatoms. The number of hydrogen-bond acceptors (Lipinski definition) is 3. The van der Waals surface area contributed by atoms with Crippen molar-refractivity contribution in [3.63, 3.8) is 0 Å². The van der Waals surface area contributed by atoms with Crippen LogP contribution in [0.25, 0.3) is 0 Å². The molecular formula is C13H20IN2OS-. The Kier molecular flexibility index (Phi) is 6.07. The fourth-order valence-electron chi connectivity index (χ4n) is 1.85. The van der Waals surface area contributed by atoms with E-state index in [9.17, 15) is 0 Å². The molecule has 102 valence electrons. The summed E-state index contributed by atoms with van der Waals surface area (Å²) in [5, 5.41) is 0. The number of quaternary nitrogens is 1. The van der Waals surface area contributed by atoms with E-state index in [2.05, 4.69) is 4.90 Å². The molecule has 1 aromatic carbocycles. The van der Waals surface area contributed by atoms with Gasteiger partial charge in [-0.3, -0.25) is 0 Å². The van der Waals surface area contributed by atoms with Crippen molar-refractivity contribution in [3.8, 4) is 5.75 Å². The monoisotopic (exact) mass is 379 g/mol. The molecule has 2 rings (SSSR count). The molecule has 0 radical (unpaired) electrons. The summed E-state index contributed by atoms with van der Waals surface area (Å²) in [4.78, 5) is 2.56. The zero-order valence-corrected chi connectivity index (χ0v) is 13.7. The standard InChI is InChI=1S/C13H20IN2OS/c1-15(18)12-3-5-13(6-4-12)17-10-2-8-16-9-7-14-11-16/h3-6,15H,2,7-11H2,1H3/q-1. The van der Waals surface area contributed by atoms with Gasteiger partial charge in [0.1, 0.15) is 0 Å². The van der Waals surface area contributed by atoms with E-state index in [-0.39, 0.29) is 0 Å². The van der Waals surface area contributed by atoms with Crippen LogP contribution >= 0.6 is 0 Å². The number of nitrogens with one attached hydrogen (secondary N) is 1. The van der Waals surface area contributed by atoms with Gasteiger partial charge in [-0.2, -0.15) is 0 Å². The second kappa shape index (κ2) is 7.57. The number of rotatable bonds is 6. The van der Waals surface area contributed by atoms with E-state index < -0.39 is 0 Å². The van der Waals surface area contributed by atoms with Crippen molar-refractivity contribution >= 4 is 18.5 Å². The Balaban J connectivity index is 1.66. The predicted octanol–water partition coefficient (Wildman–Crippen LogP) is -2.57. The second-order valence-corrected chi connectivity index (χ2v) is 7.85. The van der Waals surface area contributed by atoms with Crippen molar-refractivity contribution in [1.82, 2.24) is 4.90 Å². The van der Waals surface area contributed by atoms with Crippen LogP contribution in [-0.2, 0) is 12.8 Å². The Hall–Kier alpha value is 0.0200. The van der Waals surface area contributed by atoms with Crippen molar-refractivity contribution < 1.29 is 30.2 Å². The summed E-state index contributed by atoms with van der Waals surface area (Å²) in [6, 6.07) is 8.07. The molecule has 1 aliphatic rings. The van der Waals surface area contributed by atoms with Gasteiger partial charge in [0.15, 0.2) is 0 Å². The van der Waals surface area contributed by atoms with Gasteiger partial charge in [0.2, 0.25) is 0 Å². The second-order valence-electron chi connectivity index (χ2n) is 4.40. The molecule has 0 bridgehead atoms. The van der Waals surface area contributed by atoms with Gasteiger partial charge in [-0.15, -0.1) is 0 Å². The van der Waals surface area contributed by atoms with E-state index in [0.29, 0.717) is 21.2 Å². The van der Waals surface area contributed by atoms with Crippen LogP contribution in [-0.4, -0.2) is 40.6 Å². The van der Waals surface area contributed by atoms with Gasteiger partial charge in [-0.25, -0.2) is 0 Å². The van der Waals surface area contributed by atoms with Gasteiger partial charge in [0, 0.05) is 0 Å². The van der Waals surface area contributed by atoms with Crippen molar-refractivity contribution in [1.29, 1.82) is 0 Å². The molecule has 0 saturated carbocycles. The Morgan fingerprint density at radius 2 is 2.17 bits per heavy atom. The quantitative estimate of drug-likeness (QED) is 0.193. The Morgan fingerprint density at radius 1 is 1.39 bits per heavy atom. The normalized spacial score (nSPS) is 18.3. The third kappa shape index (κ3) is 4.60. The first-order valence-corrected chi connectivity index (χ1v) is 9.71. The zero-order chi connectivity index (χ0) is 12.8. The third-order valence-corrected chi connectivity index (χ3v) is 5.86. The van der Waals surface area contributed by atoms with E-state index in [4.69, 9.17) is 17.6 Å². The summed E-state index contributed by atoms with van der Waals surface area (Å²) in [5.74, 6) is 0.948. The molecule has 1 fully saturated rings. The molecule has 3 nitrogen and oxygen atoms in total. The minimum absolute atomic E-state index is 0.498. The fourth-order valence-corrected chi connectivity index (χ4v) is 4.72. The van der Waals surface area contributed by atoms with E-state index in [1.54, 1.807) is 0 Å². The predicted molar refractivity (Wildman–Crippen MR) is 71.8 cm³/mol. The average Bonchev–Trinajstić information content (AvgIpc) is 2.88. The van der Waals surface area contributed by atoms with Crippen LogP contribution in [0, 0.1) is 0 Å². The van der Waals surface area contributed by atoms with E-state index in [1.165, 1.54) is 22.1 Å². The van der Waals surface area contributed by atoms with Crippen molar-refractivity contribution in [2.45, 2.75) is 6.42 Å². The van der Waals surface area contributed by atoms with E-state index in [0.717, 1.165) is 28.8 Å².